The Hall–Kier alpha value is -2.59. The van der Waals surface area contributed by atoms with Crippen LogP contribution in [0.3, 0.4) is 0 Å². The highest BCUT2D eigenvalue weighted by Crippen LogP contribution is 2.31. The van der Waals surface area contributed by atoms with E-state index < -0.39 is 30.4 Å². The maximum atomic E-state index is 12.6. The van der Waals surface area contributed by atoms with Crippen molar-refractivity contribution in [3.05, 3.63) is 53.2 Å². The minimum Gasteiger partial charge on any atom is -0.388 e. The molecule has 28 heavy (non-hydrogen) atoms. The third kappa shape index (κ3) is 3.33. The zero-order valence-electron chi connectivity index (χ0n) is 14.9. The lowest BCUT2D eigenvalue weighted by molar-refractivity contribution is -0.0299. The van der Waals surface area contributed by atoms with Crippen molar-refractivity contribution >= 4 is 28.7 Å². The lowest BCUT2D eigenvalue weighted by Gasteiger charge is -2.16. The van der Waals surface area contributed by atoms with Gasteiger partial charge in [-0.3, -0.25) is 9.36 Å². The van der Waals surface area contributed by atoms with Crippen molar-refractivity contribution in [1.29, 1.82) is 0 Å². The summed E-state index contributed by atoms with van der Waals surface area (Å²) in [5.74, 6) is -0.408. The van der Waals surface area contributed by atoms with E-state index in [4.69, 9.17) is 16.3 Å². The fourth-order valence-corrected chi connectivity index (χ4v) is 3.26. The number of nitrogens with zero attached hydrogens (tertiary/aromatic N) is 4. The molecule has 0 saturated carbocycles. The number of carbonyl (C=O) groups excluding carboxylic acids is 1. The SMILES string of the molecule is C[C@H]1O[C@@H](n2cnc3c(C(=O)NCc4ccc(Cl)cc4)ncnc32)[C@H](O)[C@@H]1O. The lowest BCUT2D eigenvalue weighted by atomic mass is 10.1. The van der Waals surface area contributed by atoms with Crippen LogP contribution in [0.15, 0.2) is 36.9 Å². The first-order valence-corrected chi connectivity index (χ1v) is 9.05. The second kappa shape index (κ2) is 7.44. The molecule has 1 saturated heterocycles. The average Bonchev–Trinajstić information content (AvgIpc) is 3.23. The molecule has 0 aliphatic carbocycles. The number of hydrogen-bond donors (Lipinski definition) is 3. The maximum absolute atomic E-state index is 12.6. The second-order valence-corrected chi connectivity index (χ2v) is 7.00. The van der Waals surface area contributed by atoms with Gasteiger partial charge in [-0.2, -0.15) is 0 Å². The summed E-state index contributed by atoms with van der Waals surface area (Å²) < 4.78 is 7.10. The van der Waals surface area contributed by atoms with Gasteiger partial charge in [0.25, 0.3) is 5.91 Å². The number of hydrogen-bond acceptors (Lipinski definition) is 7. The fourth-order valence-electron chi connectivity index (χ4n) is 3.13. The van der Waals surface area contributed by atoms with Crippen molar-refractivity contribution in [2.75, 3.05) is 0 Å². The molecule has 3 N–H and O–H groups in total. The smallest absolute Gasteiger partial charge is 0.272 e. The van der Waals surface area contributed by atoms with Crippen LogP contribution in [0.25, 0.3) is 11.2 Å². The molecule has 1 aromatic carbocycles. The molecule has 4 rings (SSSR count). The van der Waals surface area contributed by atoms with Crippen LogP contribution < -0.4 is 5.32 Å². The Labute approximate surface area is 165 Å². The summed E-state index contributed by atoms with van der Waals surface area (Å²) >= 11 is 5.86. The van der Waals surface area contributed by atoms with Gasteiger partial charge in [0.1, 0.15) is 24.1 Å². The fraction of sp³-hybridized carbons (Fsp3) is 0.333. The molecule has 0 bridgehead atoms. The zero-order chi connectivity index (χ0) is 19.8. The van der Waals surface area contributed by atoms with Gasteiger partial charge in [-0.1, -0.05) is 23.7 Å². The van der Waals surface area contributed by atoms with Gasteiger partial charge in [0.05, 0.1) is 12.4 Å². The predicted octanol–water partition coefficient (Wildman–Crippen LogP) is 1.05. The Balaban J connectivity index is 1.58. The standard InChI is InChI=1S/C18H18ClN5O4/c1-9-14(25)15(26)18(28-9)24-8-23-12-13(21-7-22-16(12)24)17(27)20-6-10-2-4-11(19)5-3-10/h2-5,7-9,14-15,18,25-26H,6H2,1H3,(H,20,27)/t9-,14-,15-,18-/m1/s1. The Bertz CT molecular complexity index is 1010. The van der Waals surface area contributed by atoms with E-state index in [9.17, 15) is 15.0 Å². The molecule has 9 nitrogen and oxygen atoms in total. The van der Waals surface area contributed by atoms with E-state index in [-0.39, 0.29) is 11.2 Å². The van der Waals surface area contributed by atoms with Gasteiger partial charge < -0.3 is 20.3 Å². The molecule has 1 aliphatic heterocycles. The molecular weight excluding hydrogens is 386 g/mol. The van der Waals surface area contributed by atoms with Crippen molar-refractivity contribution in [1.82, 2.24) is 24.8 Å². The highest BCUT2D eigenvalue weighted by molar-refractivity contribution is 6.30. The summed E-state index contributed by atoms with van der Waals surface area (Å²) in [7, 11) is 0. The first kappa shape index (κ1) is 18.8. The number of halogens is 1. The third-order valence-electron chi connectivity index (χ3n) is 4.69. The van der Waals surface area contributed by atoms with Gasteiger partial charge in [-0.15, -0.1) is 0 Å². The Kier molecular flexibility index (Phi) is 4.98. The number of fused-ring (bicyclic) bond motifs is 1. The zero-order valence-corrected chi connectivity index (χ0v) is 15.6. The number of benzene rings is 1. The Morgan fingerprint density at radius 1 is 1.21 bits per heavy atom. The molecule has 2 aromatic heterocycles. The molecule has 1 aliphatic rings. The van der Waals surface area contributed by atoms with E-state index in [0.29, 0.717) is 17.2 Å². The number of aliphatic hydroxyl groups excluding tert-OH is 2. The summed E-state index contributed by atoms with van der Waals surface area (Å²) in [6.45, 7) is 1.97. The first-order valence-electron chi connectivity index (χ1n) is 8.67. The number of carbonyl (C=O) groups is 1. The Morgan fingerprint density at radius 3 is 2.64 bits per heavy atom. The molecular formula is C18H18ClN5O4. The first-order chi connectivity index (χ1) is 13.5. The van der Waals surface area contributed by atoms with Crippen LogP contribution in [0.2, 0.25) is 5.02 Å². The van der Waals surface area contributed by atoms with Gasteiger partial charge >= 0.3 is 0 Å². The van der Waals surface area contributed by atoms with Crippen LogP contribution in [-0.2, 0) is 11.3 Å². The topological polar surface area (TPSA) is 122 Å². The van der Waals surface area contributed by atoms with E-state index in [1.54, 1.807) is 19.1 Å². The van der Waals surface area contributed by atoms with Crippen molar-refractivity contribution in [2.24, 2.45) is 0 Å². The van der Waals surface area contributed by atoms with Crippen LogP contribution in [0.1, 0.15) is 29.2 Å². The Morgan fingerprint density at radius 2 is 1.96 bits per heavy atom. The number of nitrogens with one attached hydrogen (secondary N) is 1. The van der Waals surface area contributed by atoms with Gasteiger partial charge in [-0.25, -0.2) is 15.0 Å². The molecule has 0 unspecified atom stereocenters. The molecule has 3 heterocycles. The van der Waals surface area contributed by atoms with Gasteiger partial charge in [0.2, 0.25) is 0 Å². The summed E-state index contributed by atoms with van der Waals surface area (Å²) in [4.78, 5) is 25.0. The summed E-state index contributed by atoms with van der Waals surface area (Å²) in [5.41, 5.74) is 1.61. The van der Waals surface area contributed by atoms with E-state index in [0.717, 1.165) is 5.56 Å². The summed E-state index contributed by atoms with van der Waals surface area (Å²) in [6, 6.07) is 7.13. The number of amides is 1. The monoisotopic (exact) mass is 403 g/mol. The van der Waals surface area contributed by atoms with Gasteiger partial charge in [-0.05, 0) is 24.6 Å². The van der Waals surface area contributed by atoms with E-state index in [1.165, 1.54) is 17.2 Å². The molecule has 0 spiro atoms. The van der Waals surface area contributed by atoms with Crippen molar-refractivity contribution < 1.29 is 19.7 Å². The van der Waals surface area contributed by atoms with Gasteiger partial charge in [0, 0.05) is 11.6 Å². The number of aliphatic hydroxyl groups is 2. The average molecular weight is 404 g/mol. The quantitative estimate of drug-likeness (QED) is 0.595. The highest BCUT2D eigenvalue weighted by atomic mass is 35.5. The molecule has 4 atom stereocenters. The summed E-state index contributed by atoms with van der Waals surface area (Å²) in [6.07, 6.45) is -0.889. The molecule has 10 heteroatoms. The van der Waals surface area contributed by atoms with Crippen LogP contribution in [0, 0.1) is 0 Å². The second-order valence-electron chi connectivity index (χ2n) is 6.57. The van der Waals surface area contributed by atoms with Crippen LogP contribution in [0.4, 0.5) is 0 Å². The molecule has 3 aromatic rings. The normalized spacial score (nSPS) is 24.6. The number of imidazole rings is 1. The number of aromatic nitrogens is 4. The van der Waals surface area contributed by atoms with Crippen molar-refractivity contribution in [3.63, 3.8) is 0 Å². The van der Waals surface area contributed by atoms with Crippen molar-refractivity contribution in [2.45, 2.75) is 38.0 Å². The lowest BCUT2D eigenvalue weighted by Crippen LogP contribution is -2.30. The van der Waals surface area contributed by atoms with E-state index in [1.807, 2.05) is 12.1 Å². The summed E-state index contributed by atoms with van der Waals surface area (Å²) in [5, 5.41) is 23.5. The third-order valence-corrected chi connectivity index (χ3v) is 4.94. The van der Waals surface area contributed by atoms with E-state index in [2.05, 4.69) is 20.3 Å². The minimum absolute atomic E-state index is 0.110. The van der Waals surface area contributed by atoms with E-state index >= 15 is 0 Å². The van der Waals surface area contributed by atoms with Crippen molar-refractivity contribution in [3.8, 4) is 0 Å². The van der Waals surface area contributed by atoms with Crippen LogP contribution >= 0.6 is 11.6 Å². The largest absolute Gasteiger partial charge is 0.388 e. The van der Waals surface area contributed by atoms with Crippen LogP contribution in [0.5, 0.6) is 0 Å². The minimum atomic E-state index is -1.13. The molecule has 146 valence electrons. The number of ether oxygens (including phenoxy) is 1. The highest BCUT2D eigenvalue weighted by Gasteiger charge is 2.42. The molecule has 1 amide bonds. The van der Waals surface area contributed by atoms with Gasteiger partial charge in [0.15, 0.2) is 17.6 Å². The number of rotatable bonds is 4. The molecule has 1 fully saturated rings. The maximum Gasteiger partial charge on any atom is 0.272 e. The predicted molar refractivity (Wildman–Crippen MR) is 99.5 cm³/mol. The molecule has 0 radical (unpaired) electrons. The van der Waals surface area contributed by atoms with Crippen LogP contribution in [-0.4, -0.2) is 54.0 Å².